The third kappa shape index (κ3) is 9.60. The molecule has 1 heterocycles. The van der Waals surface area contributed by atoms with Crippen LogP contribution in [0.3, 0.4) is 0 Å². The van der Waals surface area contributed by atoms with Crippen molar-refractivity contribution < 1.29 is 4.42 Å². The van der Waals surface area contributed by atoms with Crippen molar-refractivity contribution in [1.29, 1.82) is 0 Å². The van der Waals surface area contributed by atoms with Gasteiger partial charge in [0.25, 0.3) is 0 Å². The summed E-state index contributed by atoms with van der Waals surface area (Å²) < 4.78 is 6.12. The maximum absolute atomic E-state index is 6.12. The second-order valence-corrected chi connectivity index (χ2v) is 15.6. The lowest BCUT2D eigenvalue weighted by atomic mass is 9.97. The van der Waals surface area contributed by atoms with Crippen molar-refractivity contribution in [2.45, 2.75) is 41.5 Å². The summed E-state index contributed by atoms with van der Waals surface area (Å²) in [5.74, 6) is 0. The van der Waals surface area contributed by atoms with Crippen molar-refractivity contribution in [3.8, 4) is 55.6 Å². The molecule has 10 rings (SSSR count). The number of fused-ring (bicyclic) bond motifs is 3. The number of anilines is 3. The van der Waals surface area contributed by atoms with Gasteiger partial charge in [-0.2, -0.15) is 0 Å². The van der Waals surface area contributed by atoms with E-state index >= 15 is 0 Å². The van der Waals surface area contributed by atoms with Crippen LogP contribution in [0.25, 0.3) is 83.1 Å². The van der Waals surface area contributed by atoms with Crippen LogP contribution in [0.4, 0.5) is 17.1 Å². The van der Waals surface area contributed by atoms with Crippen molar-refractivity contribution in [3.63, 3.8) is 0 Å². The van der Waals surface area contributed by atoms with E-state index < -0.39 is 0 Å². The Morgan fingerprint density at radius 1 is 0.348 bits per heavy atom. The monoisotopic (exact) mass is 855 g/mol. The van der Waals surface area contributed by atoms with Gasteiger partial charge < -0.3 is 9.32 Å². The SMILES string of the molecule is C/C=C\C(=C/C)c1cccc(-c2ccc(N(c3ccc(-c4cccc(-c5ccccc5)c4)cc3)c3ccc(-c4cccc(-c5ccc6oc7ccccc7c6c5)c4)cc3)cc2)c1.CC.CC. The highest BCUT2D eigenvalue weighted by Gasteiger charge is 2.15. The maximum atomic E-state index is 6.12. The summed E-state index contributed by atoms with van der Waals surface area (Å²) in [6.07, 6.45) is 6.42. The molecule has 0 bridgehead atoms. The zero-order valence-electron chi connectivity index (χ0n) is 38.9. The number of benzene rings is 9. The Hall–Kier alpha value is -7.94. The van der Waals surface area contributed by atoms with Gasteiger partial charge in [-0.1, -0.05) is 192 Å². The summed E-state index contributed by atoms with van der Waals surface area (Å²) >= 11 is 0. The molecule has 0 unspecified atom stereocenters. The normalized spacial score (nSPS) is 11.2. The molecule has 0 aliphatic rings. The summed E-state index contributed by atoms with van der Waals surface area (Å²) in [7, 11) is 0. The van der Waals surface area contributed by atoms with E-state index in [1.54, 1.807) is 0 Å². The van der Waals surface area contributed by atoms with E-state index in [-0.39, 0.29) is 0 Å². The topological polar surface area (TPSA) is 16.4 Å². The molecular formula is C64H57NO. The molecule has 2 heteroatoms. The van der Waals surface area contributed by atoms with Gasteiger partial charge in [0.1, 0.15) is 11.2 Å². The number of hydrogen-bond donors (Lipinski definition) is 0. The lowest BCUT2D eigenvalue weighted by Crippen LogP contribution is -2.09. The minimum absolute atomic E-state index is 0.907. The first-order valence-corrected chi connectivity index (χ1v) is 23.3. The molecule has 10 aromatic rings. The molecule has 1 aromatic heterocycles. The van der Waals surface area contributed by atoms with Gasteiger partial charge in [0.15, 0.2) is 0 Å². The summed E-state index contributed by atoms with van der Waals surface area (Å²) in [4.78, 5) is 2.35. The van der Waals surface area contributed by atoms with Crippen molar-refractivity contribution in [3.05, 3.63) is 242 Å². The van der Waals surface area contributed by atoms with E-state index in [1.165, 1.54) is 61.2 Å². The lowest BCUT2D eigenvalue weighted by molar-refractivity contribution is 0.669. The molecule has 66 heavy (non-hydrogen) atoms. The summed E-state index contributed by atoms with van der Waals surface area (Å²) in [5, 5.41) is 2.27. The Labute approximate surface area is 391 Å². The van der Waals surface area contributed by atoms with Crippen LogP contribution in [0.1, 0.15) is 47.1 Å². The van der Waals surface area contributed by atoms with Gasteiger partial charge in [-0.05, 0) is 153 Å². The van der Waals surface area contributed by atoms with Crippen molar-refractivity contribution in [2.75, 3.05) is 4.90 Å². The number of rotatable bonds is 10. The molecule has 0 amide bonds. The summed E-state index contributed by atoms with van der Waals surface area (Å²) in [6.45, 7) is 12.2. The highest BCUT2D eigenvalue weighted by Crippen LogP contribution is 2.39. The van der Waals surface area contributed by atoms with E-state index in [0.29, 0.717) is 0 Å². The number of allylic oxidation sites excluding steroid dienone is 4. The number of hydrogen-bond acceptors (Lipinski definition) is 2. The highest BCUT2D eigenvalue weighted by molar-refractivity contribution is 6.06. The maximum Gasteiger partial charge on any atom is 0.135 e. The van der Waals surface area contributed by atoms with Crippen molar-refractivity contribution in [1.82, 2.24) is 0 Å². The molecule has 0 N–H and O–H groups in total. The Kier molecular flexibility index (Phi) is 14.3. The zero-order chi connectivity index (χ0) is 45.8. The molecule has 0 aliphatic carbocycles. The van der Waals surface area contributed by atoms with Gasteiger partial charge in [0, 0.05) is 27.8 Å². The minimum Gasteiger partial charge on any atom is -0.456 e. The van der Waals surface area contributed by atoms with Gasteiger partial charge in [-0.15, -0.1) is 0 Å². The molecular weight excluding hydrogens is 799 g/mol. The van der Waals surface area contributed by atoms with Crippen LogP contribution >= 0.6 is 0 Å². The third-order valence-electron chi connectivity index (χ3n) is 11.8. The van der Waals surface area contributed by atoms with E-state index in [1.807, 2.05) is 39.8 Å². The Balaban J connectivity index is 0.00000144. The fourth-order valence-electron chi connectivity index (χ4n) is 8.57. The molecule has 0 fully saturated rings. The van der Waals surface area contributed by atoms with Crippen LogP contribution < -0.4 is 4.90 Å². The second-order valence-electron chi connectivity index (χ2n) is 15.6. The quantitative estimate of drug-likeness (QED) is 0.127. The molecule has 0 saturated heterocycles. The molecule has 0 atom stereocenters. The van der Waals surface area contributed by atoms with E-state index in [9.17, 15) is 0 Å². The van der Waals surface area contributed by atoms with Crippen LogP contribution in [-0.2, 0) is 0 Å². The number of para-hydroxylation sites is 1. The van der Waals surface area contributed by atoms with Gasteiger partial charge in [-0.3, -0.25) is 0 Å². The number of nitrogens with zero attached hydrogens (tertiary/aromatic N) is 1. The highest BCUT2D eigenvalue weighted by atomic mass is 16.3. The molecule has 2 nitrogen and oxygen atoms in total. The van der Waals surface area contributed by atoms with Crippen LogP contribution in [0.5, 0.6) is 0 Å². The predicted molar refractivity (Wildman–Crippen MR) is 287 cm³/mol. The van der Waals surface area contributed by atoms with Crippen LogP contribution in [0.2, 0.25) is 0 Å². The standard InChI is InChI=1S/C60H45NO.2C2H6/c1-3-13-42(4-2)47-16-10-18-49(38-47)44-24-31-54(32-25-44)61(55-33-26-45(27-34-55)50-19-11-17-48(39-50)43-14-6-5-7-15-43)56-35-28-46(29-36-56)51-20-12-21-52(40-51)53-30-37-60-58(41-53)57-22-8-9-23-59(57)62-60;2*1-2/h3-41H,1-2H3;2*1-2H3/b13-3-,42-4+;;. The minimum atomic E-state index is 0.907. The first-order chi connectivity index (χ1) is 32.6. The van der Waals surface area contributed by atoms with Crippen LogP contribution in [0, 0.1) is 0 Å². The molecule has 0 spiro atoms. The molecule has 0 radical (unpaired) electrons. The van der Waals surface area contributed by atoms with E-state index in [0.717, 1.165) is 44.6 Å². The average molecular weight is 856 g/mol. The lowest BCUT2D eigenvalue weighted by Gasteiger charge is -2.26. The fraction of sp³-hybridized carbons (Fsp3) is 0.0938. The van der Waals surface area contributed by atoms with Gasteiger partial charge in [0.2, 0.25) is 0 Å². The summed E-state index contributed by atoms with van der Waals surface area (Å²) in [5.41, 5.74) is 19.3. The van der Waals surface area contributed by atoms with Gasteiger partial charge >= 0.3 is 0 Å². The van der Waals surface area contributed by atoms with Crippen LogP contribution in [0.15, 0.2) is 241 Å². The Morgan fingerprint density at radius 2 is 0.742 bits per heavy atom. The molecule has 9 aromatic carbocycles. The van der Waals surface area contributed by atoms with E-state index in [2.05, 4.69) is 243 Å². The number of furan rings is 1. The molecule has 0 aliphatic heterocycles. The predicted octanol–water partition coefficient (Wildman–Crippen LogP) is 19.4. The first-order valence-electron chi connectivity index (χ1n) is 23.3. The van der Waals surface area contributed by atoms with Crippen LogP contribution in [-0.4, -0.2) is 0 Å². The Morgan fingerprint density at radius 3 is 1.26 bits per heavy atom. The Bertz CT molecular complexity index is 3220. The van der Waals surface area contributed by atoms with Gasteiger partial charge in [0.05, 0.1) is 0 Å². The van der Waals surface area contributed by atoms with Crippen molar-refractivity contribution >= 4 is 44.6 Å². The molecule has 324 valence electrons. The fourth-order valence-corrected chi connectivity index (χ4v) is 8.57. The summed E-state index contributed by atoms with van der Waals surface area (Å²) in [6, 6.07) is 78.5. The smallest absolute Gasteiger partial charge is 0.135 e. The second kappa shape index (κ2) is 21.2. The van der Waals surface area contributed by atoms with Gasteiger partial charge in [-0.25, -0.2) is 0 Å². The van der Waals surface area contributed by atoms with Crippen molar-refractivity contribution in [2.24, 2.45) is 0 Å². The third-order valence-corrected chi connectivity index (χ3v) is 11.8. The zero-order valence-corrected chi connectivity index (χ0v) is 38.9. The largest absolute Gasteiger partial charge is 0.456 e. The van der Waals surface area contributed by atoms with E-state index in [4.69, 9.17) is 4.42 Å². The first kappa shape index (κ1) is 44.7. The molecule has 0 saturated carbocycles. The average Bonchev–Trinajstić information content (AvgIpc) is 3.78.